The molecular formula is C19H23Cl2N3O3. The first kappa shape index (κ1) is 20.0. The van der Waals surface area contributed by atoms with Crippen LogP contribution in [0.15, 0.2) is 18.2 Å². The number of piperidine rings is 1. The predicted octanol–water partition coefficient (Wildman–Crippen LogP) is 2.85. The van der Waals surface area contributed by atoms with E-state index in [1.54, 1.807) is 28.0 Å². The molecule has 2 atom stereocenters. The monoisotopic (exact) mass is 411 g/mol. The van der Waals surface area contributed by atoms with Crippen LogP contribution in [-0.2, 0) is 14.4 Å². The maximum absolute atomic E-state index is 12.9. The summed E-state index contributed by atoms with van der Waals surface area (Å²) in [5, 5.41) is 0.806. The second-order valence-corrected chi connectivity index (χ2v) is 8.04. The Balaban J connectivity index is 1.64. The molecular weight excluding hydrogens is 389 g/mol. The lowest BCUT2D eigenvalue weighted by atomic mass is 9.92. The zero-order valence-electron chi connectivity index (χ0n) is 15.0. The number of nitrogens with zero attached hydrogens (tertiary/aromatic N) is 2. The van der Waals surface area contributed by atoms with Crippen LogP contribution in [0.2, 0.25) is 10.0 Å². The van der Waals surface area contributed by atoms with E-state index < -0.39 is 5.92 Å². The van der Waals surface area contributed by atoms with Gasteiger partial charge in [-0.05, 0) is 49.8 Å². The van der Waals surface area contributed by atoms with Crippen LogP contribution in [0.4, 0.5) is 5.69 Å². The SMILES string of the molecule is NC(=O)CCC1CCCN(C(=O)C2CCN(c3ccc(Cl)c(Cl)c3)C2=O)C1. The van der Waals surface area contributed by atoms with Crippen LogP contribution in [-0.4, -0.2) is 42.3 Å². The van der Waals surface area contributed by atoms with Crippen molar-refractivity contribution in [2.75, 3.05) is 24.5 Å². The minimum Gasteiger partial charge on any atom is -0.370 e. The fourth-order valence-corrected chi connectivity index (χ4v) is 4.18. The van der Waals surface area contributed by atoms with E-state index in [9.17, 15) is 14.4 Å². The number of halogens is 2. The smallest absolute Gasteiger partial charge is 0.239 e. The van der Waals surface area contributed by atoms with Crippen molar-refractivity contribution in [3.8, 4) is 0 Å². The molecule has 2 N–H and O–H groups in total. The van der Waals surface area contributed by atoms with E-state index in [1.807, 2.05) is 0 Å². The summed E-state index contributed by atoms with van der Waals surface area (Å²) in [6, 6.07) is 5.03. The average molecular weight is 412 g/mol. The lowest BCUT2D eigenvalue weighted by molar-refractivity contribution is -0.141. The third-order valence-electron chi connectivity index (χ3n) is 5.35. The molecule has 1 aromatic carbocycles. The highest BCUT2D eigenvalue weighted by atomic mass is 35.5. The Bertz CT molecular complexity index is 756. The molecule has 2 saturated heterocycles. The molecule has 3 amide bonds. The highest BCUT2D eigenvalue weighted by Gasteiger charge is 2.40. The first-order valence-electron chi connectivity index (χ1n) is 9.20. The number of hydrogen-bond acceptors (Lipinski definition) is 3. The minimum atomic E-state index is -0.658. The molecule has 0 aliphatic carbocycles. The van der Waals surface area contributed by atoms with Crippen molar-refractivity contribution in [2.45, 2.75) is 32.1 Å². The van der Waals surface area contributed by atoms with Crippen molar-refractivity contribution in [1.82, 2.24) is 4.90 Å². The third kappa shape index (κ3) is 4.55. The van der Waals surface area contributed by atoms with Gasteiger partial charge in [0.15, 0.2) is 0 Å². The standard InChI is InChI=1S/C19H23Cl2N3O3/c20-15-5-4-13(10-16(15)21)24-9-7-14(19(24)27)18(26)23-8-1-2-12(11-23)3-6-17(22)25/h4-5,10,12,14H,1-3,6-9,11H2,(H2,22,25). The predicted molar refractivity (Wildman–Crippen MR) is 105 cm³/mol. The topological polar surface area (TPSA) is 83.7 Å². The molecule has 0 spiro atoms. The van der Waals surface area contributed by atoms with E-state index in [2.05, 4.69) is 0 Å². The molecule has 0 radical (unpaired) electrons. The van der Waals surface area contributed by atoms with Crippen LogP contribution in [0.5, 0.6) is 0 Å². The molecule has 2 unspecified atom stereocenters. The summed E-state index contributed by atoms with van der Waals surface area (Å²) >= 11 is 12.0. The summed E-state index contributed by atoms with van der Waals surface area (Å²) in [6.45, 7) is 1.72. The zero-order valence-corrected chi connectivity index (χ0v) is 16.5. The van der Waals surface area contributed by atoms with Crippen LogP contribution < -0.4 is 10.6 Å². The van der Waals surface area contributed by atoms with Gasteiger partial charge in [0.1, 0.15) is 5.92 Å². The molecule has 2 aliphatic heterocycles. The van der Waals surface area contributed by atoms with E-state index >= 15 is 0 Å². The number of benzene rings is 1. The number of likely N-dealkylation sites (tertiary alicyclic amines) is 1. The molecule has 6 nitrogen and oxygen atoms in total. The van der Waals surface area contributed by atoms with Gasteiger partial charge in [-0.15, -0.1) is 0 Å². The highest BCUT2D eigenvalue weighted by molar-refractivity contribution is 6.42. The first-order chi connectivity index (χ1) is 12.9. The van der Waals surface area contributed by atoms with Gasteiger partial charge in [0, 0.05) is 31.7 Å². The Morgan fingerprint density at radius 3 is 2.63 bits per heavy atom. The van der Waals surface area contributed by atoms with Crippen molar-refractivity contribution >= 4 is 46.6 Å². The van der Waals surface area contributed by atoms with Crippen LogP contribution in [0.1, 0.15) is 32.1 Å². The molecule has 146 valence electrons. The number of primary amides is 1. The summed E-state index contributed by atoms with van der Waals surface area (Å²) in [7, 11) is 0. The molecule has 3 rings (SSSR count). The van der Waals surface area contributed by atoms with Crippen molar-refractivity contribution in [2.24, 2.45) is 17.6 Å². The van der Waals surface area contributed by atoms with Gasteiger partial charge >= 0.3 is 0 Å². The van der Waals surface area contributed by atoms with Gasteiger partial charge < -0.3 is 15.5 Å². The molecule has 0 aromatic heterocycles. The Kier molecular flexibility index (Phi) is 6.27. The van der Waals surface area contributed by atoms with Gasteiger partial charge in [-0.1, -0.05) is 23.2 Å². The van der Waals surface area contributed by atoms with Gasteiger partial charge in [0.05, 0.1) is 10.0 Å². The van der Waals surface area contributed by atoms with Crippen LogP contribution in [0.3, 0.4) is 0 Å². The van der Waals surface area contributed by atoms with Gasteiger partial charge in [0.25, 0.3) is 0 Å². The van der Waals surface area contributed by atoms with Crippen LogP contribution >= 0.6 is 23.2 Å². The Morgan fingerprint density at radius 2 is 1.93 bits per heavy atom. The fourth-order valence-electron chi connectivity index (χ4n) is 3.89. The largest absolute Gasteiger partial charge is 0.370 e. The third-order valence-corrected chi connectivity index (χ3v) is 6.09. The van der Waals surface area contributed by atoms with Crippen molar-refractivity contribution in [3.05, 3.63) is 28.2 Å². The maximum atomic E-state index is 12.9. The van der Waals surface area contributed by atoms with E-state index in [4.69, 9.17) is 28.9 Å². The lowest BCUT2D eigenvalue weighted by Crippen LogP contribution is -2.45. The van der Waals surface area contributed by atoms with Crippen LogP contribution in [0.25, 0.3) is 0 Å². The Hall–Kier alpha value is -1.79. The van der Waals surface area contributed by atoms with Gasteiger partial charge in [-0.25, -0.2) is 0 Å². The number of hydrogen-bond donors (Lipinski definition) is 1. The lowest BCUT2D eigenvalue weighted by Gasteiger charge is -2.34. The number of rotatable bonds is 5. The minimum absolute atomic E-state index is 0.119. The van der Waals surface area contributed by atoms with Gasteiger partial charge in [-0.3, -0.25) is 14.4 Å². The van der Waals surface area contributed by atoms with Gasteiger partial charge in [-0.2, -0.15) is 0 Å². The van der Waals surface area contributed by atoms with Gasteiger partial charge in [0.2, 0.25) is 17.7 Å². The summed E-state index contributed by atoms with van der Waals surface area (Å²) in [5.74, 6) is -1.03. The first-order valence-corrected chi connectivity index (χ1v) is 9.96. The second-order valence-electron chi connectivity index (χ2n) is 7.23. The number of nitrogens with two attached hydrogens (primary N) is 1. The molecule has 8 heteroatoms. The molecule has 2 heterocycles. The molecule has 2 fully saturated rings. The quantitative estimate of drug-likeness (QED) is 0.755. The number of carbonyl (C=O) groups excluding carboxylic acids is 3. The van der Waals surface area contributed by atoms with Crippen molar-refractivity contribution < 1.29 is 14.4 Å². The van der Waals surface area contributed by atoms with E-state index in [-0.39, 0.29) is 23.6 Å². The number of anilines is 1. The fraction of sp³-hybridized carbons (Fsp3) is 0.526. The van der Waals surface area contributed by atoms with Crippen molar-refractivity contribution in [1.29, 1.82) is 0 Å². The highest BCUT2D eigenvalue weighted by Crippen LogP contribution is 2.32. The zero-order chi connectivity index (χ0) is 19.6. The van der Waals surface area contributed by atoms with E-state index in [1.165, 1.54) is 0 Å². The van der Waals surface area contributed by atoms with E-state index in [0.717, 1.165) is 12.8 Å². The molecule has 0 saturated carbocycles. The Labute approximate surface area is 168 Å². The normalized spacial score (nSPS) is 23.0. The van der Waals surface area contributed by atoms with Crippen molar-refractivity contribution in [3.63, 3.8) is 0 Å². The number of carbonyl (C=O) groups is 3. The molecule has 2 aliphatic rings. The molecule has 0 bridgehead atoms. The van der Waals surface area contributed by atoms with E-state index in [0.29, 0.717) is 54.6 Å². The summed E-state index contributed by atoms with van der Waals surface area (Å²) in [4.78, 5) is 40.1. The average Bonchev–Trinajstić information content (AvgIpc) is 3.03. The molecule has 27 heavy (non-hydrogen) atoms. The Morgan fingerprint density at radius 1 is 1.15 bits per heavy atom. The summed E-state index contributed by atoms with van der Waals surface area (Å²) in [5.41, 5.74) is 5.88. The number of amides is 3. The van der Waals surface area contributed by atoms with Crippen LogP contribution in [0, 0.1) is 11.8 Å². The summed E-state index contributed by atoms with van der Waals surface area (Å²) in [6.07, 6.45) is 3.37. The second kappa shape index (κ2) is 8.48. The summed E-state index contributed by atoms with van der Waals surface area (Å²) < 4.78 is 0. The maximum Gasteiger partial charge on any atom is 0.239 e. The molecule has 1 aromatic rings.